The van der Waals surface area contributed by atoms with Gasteiger partial charge in [0.15, 0.2) is 0 Å². The van der Waals surface area contributed by atoms with Gasteiger partial charge in [-0.1, -0.05) is 18.2 Å². The summed E-state index contributed by atoms with van der Waals surface area (Å²) in [7, 11) is 1.54. The number of nitro benzene ring substituents is 1. The summed E-state index contributed by atoms with van der Waals surface area (Å²) in [5.41, 5.74) is 1.20. The first-order valence-electron chi connectivity index (χ1n) is 8.50. The van der Waals surface area contributed by atoms with E-state index in [-0.39, 0.29) is 17.9 Å². The summed E-state index contributed by atoms with van der Waals surface area (Å²) < 4.78 is 15.8. The van der Waals surface area contributed by atoms with E-state index >= 15 is 0 Å². The van der Waals surface area contributed by atoms with Crippen LogP contribution in [0.25, 0.3) is 0 Å². The molecular weight excluding hydrogens is 352 g/mol. The molecule has 0 atom stereocenters. The third kappa shape index (κ3) is 4.35. The molecule has 0 bridgehead atoms. The van der Waals surface area contributed by atoms with Gasteiger partial charge in [0.1, 0.15) is 18.0 Å². The summed E-state index contributed by atoms with van der Waals surface area (Å²) in [4.78, 5) is 25.2. The number of hydrogen-bond donors (Lipinski definition) is 0. The first kappa shape index (κ1) is 18.7. The smallest absolute Gasteiger partial charge is 0.338 e. The van der Waals surface area contributed by atoms with Gasteiger partial charge < -0.3 is 19.1 Å². The Balaban J connectivity index is 1.76. The van der Waals surface area contributed by atoms with Crippen LogP contribution in [0.5, 0.6) is 5.75 Å². The third-order valence-electron chi connectivity index (χ3n) is 4.31. The molecular formula is C19H20N2O6. The standard InChI is InChI=1S/C19H20N2O6/c1-25-18-5-3-2-4-15(18)13-27-19(22)14-6-7-16(17(12-14)21(23)24)20-8-10-26-11-9-20/h2-7,12H,8-11,13H2,1H3. The Morgan fingerprint density at radius 3 is 2.67 bits per heavy atom. The highest BCUT2D eigenvalue weighted by atomic mass is 16.6. The maximum absolute atomic E-state index is 12.4. The molecule has 0 unspecified atom stereocenters. The van der Waals surface area contributed by atoms with Crippen molar-refractivity contribution in [1.82, 2.24) is 0 Å². The molecule has 0 aromatic heterocycles. The second-order valence-electron chi connectivity index (χ2n) is 5.95. The minimum Gasteiger partial charge on any atom is -0.496 e. The molecule has 27 heavy (non-hydrogen) atoms. The van der Waals surface area contributed by atoms with Crippen molar-refractivity contribution in [3.05, 3.63) is 63.7 Å². The van der Waals surface area contributed by atoms with Crippen LogP contribution in [0.1, 0.15) is 15.9 Å². The molecule has 3 rings (SSSR count). The van der Waals surface area contributed by atoms with Crippen molar-refractivity contribution < 1.29 is 23.9 Å². The molecule has 1 aliphatic heterocycles. The lowest BCUT2D eigenvalue weighted by Gasteiger charge is -2.28. The predicted octanol–water partition coefficient (Wildman–Crippen LogP) is 2.80. The summed E-state index contributed by atoms with van der Waals surface area (Å²) in [5, 5.41) is 11.5. The number of para-hydroxylation sites is 1. The number of carbonyl (C=O) groups is 1. The fraction of sp³-hybridized carbons (Fsp3) is 0.316. The van der Waals surface area contributed by atoms with Gasteiger partial charge in [-0.25, -0.2) is 4.79 Å². The van der Waals surface area contributed by atoms with Crippen LogP contribution in [0.3, 0.4) is 0 Å². The lowest BCUT2D eigenvalue weighted by Crippen LogP contribution is -2.36. The number of hydrogen-bond acceptors (Lipinski definition) is 7. The van der Waals surface area contributed by atoms with Gasteiger partial charge in [-0.15, -0.1) is 0 Å². The third-order valence-corrected chi connectivity index (χ3v) is 4.31. The lowest BCUT2D eigenvalue weighted by molar-refractivity contribution is -0.384. The molecule has 8 heteroatoms. The van der Waals surface area contributed by atoms with Crippen LogP contribution in [0, 0.1) is 10.1 Å². The fourth-order valence-corrected chi connectivity index (χ4v) is 2.92. The van der Waals surface area contributed by atoms with Crippen LogP contribution in [0.2, 0.25) is 0 Å². The van der Waals surface area contributed by atoms with Crippen molar-refractivity contribution in [2.75, 3.05) is 38.3 Å². The van der Waals surface area contributed by atoms with Crippen LogP contribution in [-0.2, 0) is 16.1 Å². The molecule has 0 aliphatic carbocycles. The molecule has 1 aliphatic rings. The largest absolute Gasteiger partial charge is 0.496 e. The summed E-state index contributed by atoms with van der Waals surface area (Å²) in [6, 6.07) is 11.6. The normalized spacial score (nSPS) is 13.9. The molecule has 0 spiro atoms. The summed E-state index contributed by atoms with van der Waals surface area (Å²) in [6.45, 7) is 2.18. The van der Waals surface area contributed by atoms with Gasteiger partial charge in [0.2, 0.25) is 0 Å². The minimum absolute atomic E-state index is 0.0157. The fourth-order valence-electron chi connectivity index (χ4n) is 2.92. The first-order chi connectivity index (χ1) is 13.1. The van der Waals surface area contributed by atoms with Crippen LogP contribution < -0.4 is 9.64 Å². The van der Waals surface area contributed by atoms with Crippen molar-refractivity contribution in [2.45, 2.75) is 6.61 Å². The Kier molecular flexibility index (Phi) is 5.87. The summed E-state index contributed by atoms with van der Waals surface area (Å²) in [6.07, 6.45) is 0. The van der Waals surface area contributed by atoms with E-state index in [0.717, 1.165) is 0 Å². The van der Waals surface area contributed by atoms with Crippen molar-refractivity contribution in [3.8, 4) is 5.75 Å². The van der Waals surface area contributed by atoms with Gasteiger partial charge in [-0.05, 0) is 18.2 Å². The zero-order chi connectivity index (χ0) is 19.2. The van der Waals surface area contributed by atoms with Gasteiger partial charge in [-0.3, -0.25) is 10.1 Å². The molecule has 0 radical (unpaired) electrons. The Morgan fingerprint density at radius 2 is 1.96 bits per heavy atom. The molecule has 2 aromatic rings. The van der Waals surface area contributed by atoms with Crippen molar-refractivity contribution in [2.24, 2.45) is 0 Å². The maximum atomic E-state index is 12.4. The number of methoxy groups -OCH3 is 1. The second-order valence-corrected chi connectivity index (χ2v) is 5.95. The Labute approximate surface area is 156 Å². The number of ether oxygens (including phenoxy) is 3. The van der Waals surface area contributed by atoms with E-state index in [9.17, 15) is 14.9 Å². The zero-order valence-electron chi connectivity index (χ0n) is 14.9. The van der Waals surface area contributed by atoms with E-state index in [1.807, 2.05) is 17.0 Å². The number of rotatable bonds is 6. The van der Waals surface area contributed by atoms with E-state index in [2.05, 4.69) is 0 Å². The van der Waals surface area contributed by atoms with E-state index in [4.69, 9.17) is 14.2 Å². The average molecular weight is 372 g/mol. The van der Waals surface area contributed by atoms with Crippen molar-refractivity contribution >= 4 is 17.3 Å². The molecule has 0 N–H and O–H groups in total. The van der Waals surface area contributed by atoms with Crippen LogP contribution >= 0.6 is 0 Å². The Morgan fingerprint density at radius 1 is 1.22 bits per heavy atom. The number of nitro groups is 1. The topological polar surface area (TPSA) is 91.1 Å². The van der Waals surface area contributed by atoms with Crippen LogP contribution in [0.15, 0.2) is 42.5 Å². The van der Waals surface area contributed by atoms with Gasteiger partial charge in [0.25, 0.3) is 5.69 Å². The molecule has 0 saturated carbocycles. The van der Waals surface area contributed by atoms with Crippen LogP contribution in [0.4, 0.5) is 11.4 Å². The van der Waals surface area contributed by atoms with Crippen molar-refractivity contribution in [3.63, 3.8) is 0 Å². The SMILES string of the molecule is COc1ccccc1COC(=O)c1ccc(N2CCOCC2)c([N+](=O)[O-])c1. The summed E-state index contributed by atoms with van der Waals surface area (Å²) in [5.74, 6) is -0.0171. The number of carbonyl (C=O) groups excluding carboxylic acids is 1. The molecule has 1 saturated heterocycles. The molecule has 2 aromatic carbocycles. The van der Waals surface area contributed by atoms with E-state index < -0.39 is 10.9 Å². The van der Waals surface area contributed by atoms with Crippen LogP contribution in [-0.4, -0.2) is 44.3 Å². The van der Waals surface area contributed by atoms with E-state index in [1.54, 1.807) is 24.3 Å². The molecule has 142 valence electrons. The number of morpholine rings is 1. The molecule has 0 amide bonds. The zero-order valence-corrected chi connectivity index (χ0v) is 14.9. The van der Waals surface area contributed by atoms with E-state index in [1.165, 1.54) is 13.2 Å². The van der Waals surface area contributed by atoms with E-state index in [0.29, 0.717) is 43.3 Å². The van der Waals surface area contributed by atoms with Gasteiger partial charge in [-0.2, -0.15) is 0 Å². The number of nitrogens with zero attached hydrogens (tertiary/aromatic N) is 2. The second kappa shape index (κ2) is 8.50. The number of benzene rings is 2. The predicted molar refractivity (Wildman–Crippen MR) is 98.2 cm³/mol. The highest BCUT2D eigenvalue weighted by molar-refractivity contribution is 5.91. The number of anilines is 1. The Hall–Kier alpha value is -3.13. The quantitative estimate of drug-likeness (QED) is 0.437. The average Bonchev–Trinajstić information content (AvgIpc) is 2.72. The lowest BCUT2D eigenvalue weighted by atomic mass is 10.1. The monoisotopic (exact) mass is 372 g/mol. The maximum Gasteiger partial charge on any atom is 0.338 e. The van der Waals surface area contributed by atoms with Gasteiger partial charge >= 0.3 is 5.97 Å². The van der Waals surface area contributed by atoms with Crippen molar-refractivity contribution in [1.29, 1.82) is 0 Å². The highest BCUT2D eigenvalue weighted by Crippen LogP contribution is 2.30. The molecule has 8 nitrogen and oxygen atoms in total. The van der Waals surface area contributed by atoms with Gasteiger partial charge in [0, 0.05) is 24.7 Å². The summed E-state index contributed by atoms with van der Waals surface area (Å²) >= 11 is 0. The first-order valence-corrected chi connectivity index (χ1v) is 8.50. The number of esters is 1. The Bertz CT molecular complexity index is 833. The van der Waals surface area contributed by atoms with Gasteiger partial charge in [0.05, 0.1) is 30.8 Å². The molecule has 1 heterocycles. The highest BCUT2D eigenvalue weighted by Gasteiger charge is 2.23. The minimum atomic E-state index is -0.627. The molecule has 1 fully saturated rings.